The molecule has 0 aliphatic heterocycles. The molecule has 0 amide bonds. The van der Waals surface area contributed by atoms with Crippen molar-refractivity contribution in [3.05, 3.63) is 24.4 Å². The van der Waals surface area contributed by atoms with E-state index in [9.17, 15) is 8.42 Å². The second-order valence-electron chi connectivity index (χ2n) is 2.01. The molecule has 66 valence electrons. The first-order valence-corrected chi connectivity index (χ1v) is 4.68. The third-order valence-corrected chi connectivity index (χ3v) is 1.41. The summed E-state index contributed by atoms with van der Waals surface area (Å²) in [6, 6.07) is 4.80. The van der Waals surface area contributed by atoms with Gasteiger partial charge in [-0.15, -0.1) is 0 Å². The van der Waals surface area contributed by atoms with E-state index in [-0.39, 0.29) is 5.88 Å². The molecule has 0 saturated carbocycles. The molecule has 1 N–H and O–H groups in total. The fourth-order valence-corrected chi connectivity index (χ4v) is 0.837. The minimum Gasteiger partial charge on any atom is -0.459 e. The van der Waals surface area contributed by atoms with E-state index in [2.05, 4.69) is 9.72 Å². The van der Waals surface area contributed by atoms with Gasteiger partial charge in [-0.1, -0.05) is 6.07 Å². The lowest BCUT2D eigenvalue weighted by Gasteiger charge is -2.00. The van der Waals surface area contributed by atoms with Crippen LogP contribution in [0.2, 0.25) is 0 Å². The molecule has 0 spiro atoms. The highest BCUT2D eigenvalue weighted by Gasteiger charge is 2.04. The largest absolute Gasteiger partial charge is 0.459 e. The van der Waals surface area contributed by atoms with E-state index in [0.717, 1.165) is 0 Å². The van der Waals surface area contributed by atoms with Crippen molar-refractivity contribution in [2.45, 2.75) is 0 Å². The summed E-state index contributed by atoms with van der Waals surface area (Å²) in [5, 5.41) is 0. The van der Waals surface area contributed by atoms with Gasteiger partial charge in [-0.25, -0.2) is 4.98 Å². The van der Waals surface area contributed by atoms with Gasteiger partial charge in [0.15, 0.2) is 0 Å². The van der Waals surface area contributed by atoms with Crippen LogP contribution in [0.25, 0.3) is 0 Å². The molecule has 1 aromatic rings. The van der Waals surface area contributed by atoms with E-state index >= 15 is 0 Å². The molecule has 0 aliphatic carbocycles. The summed E-state index contributed by atoms with van der Waals surface area (Å²) >= 11 is 0. The van der Waals surface area contributed by atoms with Crippen molar-refractivity contribution >= 4 is 10.1 Å². The molecule has 0 atom stereocenters. The fraction of sp³-hybridized carbons (Fsp3) is 0.167. The maximum atomic E-state index is 10.2. The van der Waals surface area contributed by atoms with E-state index in [1.54, 1.807) is 12.1 Å². The van der Waals surface area contributed by atoms with Gasteiger partial charge >= 0.3 is 10.1 Å². The van der Waals surface area contributed by atoms with Crippen molar-refractivity contribution < 1.29 is 17.7 Å². The lowest BCUT2D eigenvalue weighted by atomic mass is 10.5. The lowest BCUT2D eigenvalue weighted by Crippen LogP contribution is -2.10. The van der Waals surface area contributed by atoms with Crippen LogP contribution >= 0.6 is 0 Å². The van der Waals surface area contributed by atoms with Crippen LogP contribution in [0.15, 0.2) is 24.4 Å². The normalized spacial score (nSPS) is 11.1. The number of pyridine rings is 1. The Hall–Kier alpha value is -1.14. The molecule has 1 heterocycles. The van der Waals surface area contributed by atoms with Gasteiger partial charge in [0.25, 0.3) is 0 Å². The van der Waals surface area contributed by atoms with Crippen molar-refractivity contribution in [2.75, 3.05) is 5.94 Å². The highest BCUT2D eigenvalue weighted by molar-refractivity contribution is 7.85. The van der Waals surface area contributed by atoms with Crippen LogP contribution in [-0.2, 0) is 10.1 Å². The average Bonchev–Trinajstić information content (AvgIpc) is 2.02. The minimum absolute atomic E-state index is 0.162. The maximum Gasteiger partial charge on any atom is 0.300 e. The minimum atomic E-state index is -4.08. The molecule has 1 rings (SSSR count). The van der Waals surface area contributed by atoms with E-state index in [1.165, 1.54) is 12.3 Å². The standard InChI is InChI=1S/C6H7NO4S/c8-12(9,10)5-11-6-3-1-2-4-7-6/h1-4H,5H2,(H,8,9,10). The molecule has 0 radical (unpaired) electrons. The Balaban J connectivity index is 2.56. The number of nitrogens with zero attached hydrogens (tertiary/aromatic N) is 1. The first-order valence-electron chi connectivity index (χ1n) is 3.07. The summed E-state index contributed by atoms with van der Waals surface area (Å²) in [5.74, 6) is -0.612. The molecule has 0 unspecified atom stereocenters. The fourth-order valence-electron chi connectivity index (χ4n) is 0.567. The number of hydrogen-bond donors (Lipinski definition) is 1. The zero-order chi connectivity index (χ0) is 9.03. The average molecular weight is 189 g/mol. The summed E-state index contributed by atoms with van der Waals surface area (Å²) < 4.78 is 33.3. The van der Waals surface area contributed by atoms with Crippen LogP contribution < -0.4 is 4.74 Å². The molecule has 0 bridgehead atoms. The first-order chi connectivity index (χ1) is 5.58. The molecule has 1 aromatic heterocycles. The van der Waals surface area contributed by atoms with Crippen molar-refractivity contribution in [3.8, 4) is 5.88 Å². The molecule has 6 heteroatoms. The molecular formula is C6H7NO4S. The van der Waals surface area contributed by atoms with Crippen molar-refractivity contribution in [1.29, 1.82) is 0 Å². The summed E-state index contributed by atoms with van der Waals surface area (Å²) in [5.41, 5.74) is 0. The van der Waals surface area contributed by atoms with Gasteiger partial charge in [0.1, 0.15) is 0 Å². The van der Waals surface area contributed by atoms with Crippen molar-refractivity contribution in [3.63, 3.8) is 0 Å². The van der Waals surface area contributed by atoms with Crippen molar-refractivity contribution in [2.24, 2.45) is 0 Å². The predicted octanol–water partition coefficient (Wildman–Crippen LogP) is 0.306. The van der Waals surface area contributed by atoms with Crippen LogP contribution in [-0.4, -0.2) is 23.9 Å². The second kappa shape index (κ2) is 3.51. The Kier molecular flexibility index (Phi) is 2.61. The van der Waals surface area contributed by atoms with Crippen LogP contribution in [0.4, 0.5) is 0 Å². The summed E-state index contributed by atoms with van der Waals surface area (Å²) in [7, 11) is -4.08. The topological polar surface area (TPSA) is 76.5 Å². The summed E-state index contributed by atoms with van der Waals surface area (Å²) in [4.78, 5) is 3.68. The molecule has 0 aromatic carbocycles. The molecule has 5 nitrogen and oxygen atoms in total. The molecular weight excluding hydrogens is 182 g/mol. The quantitative estimate of drug-likeness (QED) is 0.692. The summed E-state index contributed by atoms with van der Waals surface area (Å²) in [6.07, 6.45) is 1.46. The molecule has 0 saturated heterocycles. The predicted molar refractivity (Wildman–Crippen MR) is 41.3 cm³/mol. The number of ether oxygens (including phenoxy) is 1. The third kappa shape index (κ3) is 3.31. The van der Waals surface area contributed by atoms with Crippen LogP contribution in [0, 0.1) is 0 Å². The monoisotopic (exact) mass is 189 g/mol. The first kappa shape index (κ1) is 8.95. The maximum absolute atomic E-state index is 10.2. The van der Waals surface area contributed by atoms with Crippen LogP contribution in [0.1, 0.15) is 0 Å². The zero-order valence-electron chi connectivity index (χ0n) is 6.04. The Morgan fingerprint density at radius 2 is 2.25 bits per heavy atom. The Morgan fingerprint density at radius 1 is 1.50 bits per heavy atom. The lowest BCUT2D eigenvalue weighted by molar-refractivity contribution is 0.341. The smallest absolute Gasteiger partial charge is 0.300 e. The van der Waals surface area contributed by atoms with E-state index < -0.39 is 16.1 Å². The molecule has 12 heavy (non-hydrogen) atoms. The second-order valence-corrected chi connectivity index (χ2v) is 3.41. The number of rotatable bonds is 3. The highest BCUT2D eigenvalue weighted by Crippen LogP contribution is 2.03. The third-order valence-electron chi connectivity index (χ3n) is 0.993. The zero-order valence-corrected chi connectivity index (χ0v) is 6.86. The van der Waals surface area contributed by atoms with Gasteiger partial charge in [-0.05, 0) is 6.07 Å². The molecule has 0 fully saturated rings. The van der Waals surface area contributed by atoms with Gasteiger partial charge in [0.05, 0.1) is 0 Å². The molecule has 0 aliphatic rings. The number of hydrogen-bond acceptors (Lipinski definition) is 4. The van der Waals surface area contributed by atoms with Crippen LogP contribution in [0.5, 0.6) is 5.88 Å². The Morgan fingerprint density at radius 3 is 2.75 bits per heavy atom. The highest BCUT2D eigenvalue weighted by atomic mass is 32.2. The van der Waals surface area contributed by atoms with Crippen molar-refractivity contribution in [1.82, 2.24) is 4.98 Å². The Labute approximate surface area is 69.8 Å². The van der Waals surface area contributed by atoms with Gasteiger partial charge in [0.2, 0.25) is 11.8 Å². The van der Waals surface area contributed by atoms with Gasteiger partial charge in [-0.2, -0.15) is 8.42 Å². The van der Waals surface area contributed by atoms with E-state index in [0.29, 0.717) is 0 Å². The summed E-state index contributed by atoms with van der Waals surface area (Å²) in [6.45, 7) is 0. The van der Waals surface area contributed by atoms with E-state index in [4.69, 9.17) is 4.55 Å². The van der Waals surface area contributed by atoms with Gasteiger partial charge in [-0.3, -0.25) is 4.55 Å². The SMILES string of the molecule is O=S(=O)(O)COc1ccccn1. The van der Waals surface area contributed by atoms with Gasteiger partial charge < -0.3 is 4.74 Å². The van der Waals surface area contributed by atoms with E-state index in [1.807, 2.05) is 0 Å². The number of aromatic nitrogens is 1. The Bertz CT molecular complexity index is 334. The van der Waals surface area contributed by atoms with Gasteiger partial charge in [0, 0.05) is 12.3 Å². The van der Waals surface area contributed by atoms with Crippen LogP contribution in [0.3, 0.4) is 0 Å².